The van der Waals surface area contributed by atoms with Gasteiger partial charge in [0, 0.05) is 5.41 Å². The summed E-state index contributed by atoms with van der Waals surface area (Å²) < 4.78 is 13.6. The molecule has 212 valence electrons. The van der Waals surface area contributed by atoms with Crippen molar-refractivity contribution in [3.63, 3.8) is 0 Å². The molecule has 2 bridgehead atoms. The van der Waals surface area contributed by atoms with Crippen molar-refractivity contribution in [2.24, 2.45) is 34.5 Å². The second-order valence-electron chi connectivity index (χ2n) is 14.5. The fourth-order valence-electron chi connectivity index (χ4n) is 7.68. The Morgan fingerprint density at radius 3 is 2.00 bits per heavy atom. The second kappa shape index (κ2) is 13.9. The van der Waals surface area contributed by atoms with Crippen molar-refractivity contribution in [3.8, 4) is 5.75 Å². The van der Waals surface area contributed by atoms with Crippen LogP contribution in [0.2, 0.25) is 0 Å². The summed E-state index contributed by atoms with van der Waals surface area (Å²) in [6.45, 7) is 19.3. The van der Waals surface area contributed by atoms with Gasteiger partial charge < -0.3 is 9.47 Å². The molecule has 0 heterocycles. The molecule has 0 spiro atoms. The molecular formula is C35H60O2. The maximum Gasteiger partial charge on any atom is 0.205 e. The predicted octanol–water partition coefficient (Wildman–Crippen LogP) is 10.8. The summed E-state index contributed by atoms with van der Waals surface area (Å²) in [5.41, 5.74) is 1.83. The molecule has 0 N–H and O–H groups in total. The highest BCUT2D eigenvalue weighted by molar-refractivity contribution is 5.30. The van der Waals surface area contributed by atoms with E-state index in [9.17, 15) is 0 Å². The lowest BCUT2D eigenvalue weighted by Gasteiger charge is -2.52. The second-order valence-corrected chi connectivity index (χ2v) is 14.5. The average molecular weight is 513 g/mol. The van der Waals surface area contributed by atoms with Gasteiger partial charge in [0.25, 0.3) is 0 Å². The lowest BCUT2D eigenvalue weighted by Crippen LogP contribution is -2.50. The van der Waals surface area contributed by atoms with Crippen molar-refractivity contribution in [2.75, 3.05) is 6.61 Å². The van der Waals surface area contributed by atoms with Gasteiger partial charge in [-0.05, 0) is 91.2 Å². The van der Waals surface area contributed by atoms with Crippen LogP contribution in [-0.2, 0) is 4.74 Å². The summed E-state index contributed by atoms with van der Waals surface area (Å²) in [5, 5.41) is 0. The van der Waals surface area contributed by atoms with Gasteiger partial charge >= 0.3 is 0 Å². The molecule has 0 saturated heterocycles. The van der Waals surface area contributed by atoms with Crippen LogP contribution in [0.15, 0.2) is 24.3 Å². The third kappa shape index (κ3) is 8.74. The molecule has 4 atom stereocenters. The quantitative estimate of drug-likeness (QED) is 0.322. The van der Waals surface area contributed by atoms with Crippen LogP contribution in [0, 0.1) is 34.5 Å². The van der Waals surface area contributed by atoms with E-state index in [1.807, 2.05) is 0 Å². The smallest absolute Gasteiger partial charge is 0.205 e. The minimum Gasteiger partial charge on any atom is -0.464 e. The topological polar surface area (TPSA) is 18.5 Å². The van der Waals surface area contributed by atoms with E-state index < -0.39 is 0 Å². The molecule has 0 amide bonds. The first-order valence-corrected chi connectivity index (χ1v) is 15.9. The van der Waals surface area contributed by atoms with Crippen LogP contribution >= 0.6 is 0 Å². The van der Waals surface area contributed by atoms with Gasteiger partial charge in [0.1, 0.15) is 5.75 Å². The molecule has 0 aliphatic heterocycles. The van der Waals surface area contributed by atoms with Crippen LogP contribution in [-0.4, -0.2) is 12.9 Å². The molecule has 1 aromatic carbocycles. The van der Waals surface area contributed by atoms with E-state index in [0.29, 0.717) is 5.92 Å². The summed E-state index contributed by atoms with van der Waals surface area (Å²) in [7, 11) is 0. The molecule has 1 aromatic rings. The minimum absolute atomic E-state index is 0.116. The van der Waals surface area contributed by atoms with Crippen LogP contribution in [0.3, 0.4) is 0 Å². The molecule has 3 fully saturated rings. The maximum absolute atomic E-state index is 6.81. The van der Waals surface area contributed by atoms with Gasteiger partial charge in [0.2, 0.25) is 6.29 Å². The third-order valence-corrected chi connectivity index (χ3v) is 9.62. The Morgan fingerprint density at radius 1 is 0.892 bits per heavy atom. The fraction of sp³-hybridized carbons (Fsp3) is 0.829. The number of benzene rings is 1. The van der Waals surface area contributed by atoms with Gasteiger partial charge in [-0.3, -0.25) is 0 Å². The molecule has 0 radical (unpaired) electrons. The van der Waals surface area contributed by atoms with Gasteiger partial charge in [-0.25, -0.2) is 0 Å². The van der Waals surface area contributed by atoms with Crippen LogP contribution in [0.4, 0.5) is 0 Å². The molecule has 2 nitrogen and oxygen atoms in total. The van der Waals surface area contributed by atoms with Crippen molar-refractivity contribution in [1.29, 1.82) is 0 Å². The average Bonchev–Trinajstić information content (AvgIpc) is 2.83. The lowest BCUT2D eigenvalue weighted by molar-refractivity contribution is -0.199. The Balaban J connectivity index is 0.00000121. The van der Waals surface area contributed by atoms with Crippen LogP contribution in [0.5, 0.6) is 5.75 Å². The van der Waals surface area contributed by atoms with E-state index >= 15 is 0 Å². The van der Waals surface area contributed by atoms with Gasteiger partial charge in [0.15, 0.2) is 0 Å². The molecule has 3 aliphatic carbocycles. The molecule has 3 aliphatic rings. The molecule has 2 heteroatoms. The summed E-state index contributed by atoms with van der Waals surface area (Å²) in [5.74, 6) is 4.74. The third-order valence-electron chi connectivity index (χ3n) is 9.62. The predicted molar refractivity (Wildman–Crippen MR) is 159 cm³/mol. The van der Waals surface area contributed by atoms with Gasteiger partial charge in [0.05, 0.1) is 6.61 Å². The van der Waals surface area contributed by atoms with Gasteiger partial charge in [-0.1, -0.05) is 106 Å². The Bertz CT molecular complexity index is 750. The number of hydrogen-bond acceptors (Lipinski definition) is 2. The Morgan fingerprint density at radius 2 is 1.46 bits per heavy atom. The van der Waals surface area contributed by atoms with Crippen LogP contribution in [0.1, 0.15) is 144 Å². The number of rotatable bonds is 8. The van der Waals surface area contributed by atoms with Crippen molar-refractivity contribution >= 4 is 0 Å². The van der Waals surface area contributed by atoms with Crippen molar-refractivity contribution in [1.82, 2.24) is 0 Å². The summed E-state index contributed by atoms with van der Waals surface area (Å²) in [4.78, 5) is 0. The van der Waals surface area contributed by atoms with Crippen molar-refractivity contribution < 1.29 is 9.47 Å². The van der Waals surface area contributed by atoms with Crippen molar-refractivity contribution in [3.05, 3.63) is 29.8 Å². The zero-order chi connectivity index (χ0) is 27.1. The first kappa shape index (κ1) is 30.5. The fourth-order valence-corrected chi connectivity index (χ4v) is 7.68. The first-order valence-electron chi connectivity index (χ1n) is 15.9. The van der Waals surface area contributed by atoms with E-state index in [1.165, 1.54) is 82.6 Å². The van der Waals surface area contributed by atoms with E-state index in [1.54, 1.807) is 0 Å². The largest absolute Gasteiger partial charge is 0.464 e. The van der Waals surface area contributed by atoms with Gasteiger partial charge in [-0.15, -0.1) is 0 Å². The Hall–Kier alpha value is -1.02. The molecular weight excluding hydrogens is 452 g/mol. The zero-order valence-electron chi connectivity index (χ0n) is 25.8. The summed E-state index contributed by atoms with van der Waals surface area (Å²) in [6, 6.07) is 8.94. The molecule has 4 rings (SSSR count). The SMILES string of the molecule is CC1CC2CC(C)CC(C(OCCC3CCCCC3)Oc3ccc(C(C)C(C)(C)C)cc3)(C1)C2.CCC. The molecule has 37 heavy (non-hydrogen) atoms. The van der Waals surface area contributed by atoms with E-state index in [0.717, 1.165) is 36.0 Å². The van der Waals surface area contributed by atoms with E-state index in [-0.39, 0.29) is 17.1 Å². The number of ether oxygens (including phenoxy) is 2. The van der Waals surface area contributed by atoms with E-state index in [2.05, 4.69) is 79.7 Å². The summed E-state index contributed by atoms with van der Waals surface area (Å²) >= 11 is 0. The Labute approximate surface area is 230 Å². The van der Waals surface area contributed by atoms with Gasteiger partial charge in [-0.2, -0.15) is 0 Å². The molecule has 4 unspecified atom stereocenters. The van der Waals surface area contributed by atoms with Crippen LogP contribution < -0.4 is 4.74 Å². The van der Waals surface area contributed by atoms with E-state index in [4.69, 9.17) is 9.47 Å². The lowest BCUT2D eigenvalue weighted by atomic mass is 9.56. The number of fused-ring (bicyclic) bond motifs is 2. The Kier molecular flexibility index (Phi) is 11.4. The number of hydrogen-bond donors (Lipinski definition) is 0. The molecule has 0 aromatic heterocycles. The first-order chi connectivity index (χ1) is 17.6. The maximum atomic E-state index is 6.81. The highest BCUT2D eigenvalue weighted by atomic mass is 16.7. The standard InChI is InChI=1S/C32H52O2.C3H8/c1-23-18-27-19-24(2)21-32(20-23,22-27)30(33-17-16-26-10-8-7-9-11-26)34-29-14-12-28(13-15-29)25(3)31(4,5)6;1-3-2/h12-15,23-27,30H,7-11,16-22H2,1-6H3;3H2,1-2H3. The molecule has 3 saturated carbocycles. The normalized spacial score (nSPS) is 30.1. The highest BCUT2D eigenvalue weighted by Crippen LogP contribution is 2.55. The monoisotopic (exact) mass is 512 g/mol. The summed E-state index contributed by atoms with van der Waals surface area (Å²) in [6.07, 6.45) is 15.9. The van der Waals surface area contributed by atoms with Crippen molar-refractivity contribution in [2.45, 2.75) is 145 Å². The highest BCUT2D eigenvalue weighted by Gasteiger charge is 2.50. The van der Waals surface area contributed by atoms with Crippen LogP contribution in [0.25, 0.3) is 0 Å². The minimum atomic E-state index is -0.116. The zero-order valence-corrected chi connectivity index (χ0v) is 25.8.